The Morgan fingerprint density at radius 2 is 2.06 bits per heavy atom. The van der Waals surface area contributed by atoms with Crippen LogP contribution < -0.4 is 4.74 Å². The van der Waals surface area contributed by atoms with Gasteiger partial charge in [-0.1, -0.05) is 30.7 Å². The van der Waals surface area contributed by atoms with E-state index in [2.05, 4.69) is 22.0 Å². The van der Waals surface area contributed by atoms with Gasteiger partial charge in [-0.3, -0.25) is 9.69 Å². The van der Waals surface area contributed by atoms with Crippen molar-refractivity contribution >= 4 is 28.4 Å². The maximum Gasteiger partial charge on any atom is 0.222 e. The number of amides is 1. The average Bonchev–Trinajstić information content (AvgIpc) is 3.15. The number of aromatic nitrogens is 1. The Labute approximate surface area is 192 Å². The number of aliphatic hydroxyl groups excluding tert-OH is 1. The molecule has 1 aromatic heterocycles. The molecule has 168 valence electrons. The lowest BCUT2D eigenvalue weighted by molar-refractivity contribution is -0.140. The first-order valence-electron chi connectivity index (χ1n) is 11.0. The number of rotatable bonds is 5. The molecular weight excluding hydrogens is 426 g/mol. The van der Waals surface area contributed by atoms with Crippen molar-refractivity contribution in [3.63, 3.8) is 0 Å². The van der Waals surface area contributed by atoms with Crippen LogP contribution in [0.2, 0.25) is 5.02 Å². The van der Waals surface area contributed by atoms with Gasteiger partial charge in [0.15, 0.2) is 0 Å². The number of likely N-dealkylation sites (tertiary alicyclic amines) is 1. The van der Waals surface area contributed by atoms with Crippen LogP contribution in [0.1, 0.15) is 36.2 Å². The van der Waals surface area contributed by atoms with Crippen LogP contribution in [0.4, 0.5) is 0 Å². The fourth-order valence-corrected chi connectivity index (χ4v) is 5.70. The normalized spacial score (nSPS) is 19.8. The molecule has 1 amide bonds. The average molecular weight is 454 g/mol. The molecule has 1 atom stereocenters. The lowest BCUT2D eigenvalue weighted by Crippen LogP contribution is -2.67. The molecule has 2 aliphatic heterocycles. The second-order valence-corrected chi connectivity index (χ2v) is 9.38. The van der Waals surface area contributed by atoms with Crippen LogP contribution in [0.15, 0.2) is 42.5 Å². The molecule has 0 aliphatic carbocycles. The van der Waals surface area contributed by atoms with Crippen molar-refractivity contribution in [2.45, 2.75) is 31.3 Å². The first-order valence-corrected chi connectivity index (χ1v) is 11.4. The van der Waals surface area contributed by atoms with Gasteiger partial charge in [-0.25, -0.2) is 0 Å². The molecule has 3 heterocycles. The van der Waals surface area contributed by atoms with E-state index in [0.717, 1.165) is 34.5 Å². The van der Waals surface area contributed by atoms with Crippen molar-refractivity contribution in [2.75, 3.05) is 33.4 Å². The fourth-order valence-electron chi connectivity index (χ4n) is 5.49. The van der Waals surface area contributed by atoms with E-state index in [0.29, 0.717) is 31.1 Å². The van der Waals surface area contributed by atoms with Gasteiger partial charge in [0.25, 0.3) is 0 Å². The van der Waals surface area contributed by atoms with Crippen LogP contribution in [-0.2, 0) is 16.8 Å². The molecule has 2 aliphatic rings. The molecule has 1 spiro atoms. The number of aromatic amines is 1. The highest BCUT2D eigenvalue weighted by Gasteiger charge is 2.53. The second-order valence-electron chi connectivity index (χ2n) is 8.94. The third-order valence-electron chi connectivity index (χ3n) is 6.93. The molecule has 1 saturated heterocycles. The Bertz CT molecular complexity index is 1170. The standard InChI is InChI=1S/C25H28ClN3O3/c1-3-22(31)29-14-25(15-29)13-28(11-16-5-4-6-17(26)9-16)21(12-30)24-23(25)19-8-7-18(32-2)10-20(19)27-24/h4-10,21,27,30H,3,11-15H2,1-2H3. The van der Waals surface area contributed by atoms with Gasteiger partial charge < -0.3 is 19.7 Å². The zero-order valence-electron chi connectivity index (χ0n) is 18.4. The Hall–Kier alpha value is -2.54. The first-order chi connectivity index (χ1) is 15.5. The van der Waals surface area contributed by atoms with Gasteiger partial charge in [-0.05, 0) is 35.4 Å². The summed E-state index contributed by atoms with van der Waals surface area (Å²) in [5.74, 6) is 0.974. The highest BCUT2D eigenvalue weighted by atomic mass is 35.5. The molecule has 1 fully saturated rings. The zero-order valence-corrected chi connectivity index (χ0v) is 19.2. The molecule has 2 aromatic carbocycles. The summed E-state index contributed by atoms with van der Waals surface area (Å²) in [4.78, 5) is 20.2. The summed E-state index contributed by atoms with van der Waals surface area (Å²) in [6, 6.07) is 13.8. The third kappa shape index (κ3) is 3.38. The number of hydrogen-bond donors (Lipinski definition) is 2. The third-order valence-corrected chi connectivity index (χ3v) is 7.17. The van der Waals surface area contributed by atoms with E-state index in [1.807, 2.05) is 42.2 Å². The van der Waals surface area contributed by atoms with Gasteiger partial charge in [0.2, 0.25) is 5.91 Å². The number of nitrogens with zero attached hydrogens (tertiary/aromatic N) is 2. The minimum absolute atomic E-state index is 0.00517. The summed E-state index contributed by atoms with van der Waals surface area (Å²) >= 11 is 6.23. The monoisotopic (exact) mass is 453 g/mol. The van der Waals surface area contributed by atoms with E-state index in [1.165, 1.54) is 5.56 Å². The number of hydrogen-bond acceptors (Lipinski definition) is 4. The van der Waals surface area contributed by atoms with Crippen LogP contribution in [0.3, 0.4) is 0 Å². The van der Waals surface area contributed by atoms with E-state index < -0.39 is 0 Å². The zero-order chi connectivity index (χ0) is 22.5. The van der Waals surface area contributed by atoms with Crippen molar-refractivity contribution in [1.82, 2.24) is 14.8 Å². The van der Waals surface area contributed by atoms with Crippen molar-refractivity contribution in [3.8, 4) is 5.75 Å². The van der Waals surface area contributed by atoms with E-state index >= 15 is 0 Å². The number of ether oxygens (including phenoxy) is 1. The Morgan fingerprint density at radius 1 is 1.25 bits per heavy atom. The first kappa shape index (κ1) is 21.3. The number of benzene rings is 2. The lowest BCUT2D eigenvalue weighted by Gasteiger charge is -2.56. The maximum atomic E-state index is 12.4. The lowest BCUT2D eigenvalue weighted by atomic mass is 9.68. The smallest absolute Gasteiger partial charge is 0.222 e. The van der Waals surface area contributed by atoms with Crippen LogP contribution in [0.5, 0.6) is 5.75 Å². The van der Waals surface area contributed by atoms with Gasteiger partial charge in [0.1, 0.15) is 5.75 Å². The molecule has 3 aromatic rings. The summed E-state index contributed by atoms with van der Waals surface area (Å²) in [7, 11) is 1.66. The number of carbonyl (C=O) groups excluding carboxylic acids is 1. The van der Waals surface area contributed by atoms with Crippen molar-refractivity contribution < 1.29 is 14.6 Å². The van der Waals surface area contributed by atoms with Crippen molar-refractivity contribution in [2.24, 2.45) is 0 Å². The summed E-state index contributed by atoms with van der Waals surface area (Å²) in [6.07, 6.45) is 0.513. The van der Waals surface area contributed by atoms with Crippen LogP contribution >= 0.6 is 11.6 Å². The minimum Gasteiger partial charge on any atom is -0.497 e. The summed E-state index contributed by atoms with van der Waals surface area (Å²) in [5, 5.41) is 12.3. The van der Waals surface area contributed by atoms with Crippen LogP contribution in [0.25, 0.3) is 10.9 Å². The minimum atomic E-state index is -0.169. The largest absolute Gasteiger partial charge is 0.497 e. The number of carbonyl (C=O) groups is 1. The number of H-pyrrole nitrogens is 1. The highest BCUT2D eigenvalue weighted by Crippen LogP contribution is 2.49. The SMILES string of the molecule is CCC(=O)N1CC2(C1)CN(Cc1cccc(Cl)c1)C(CO)c1[nH]c3cc(OC)ccc3c12. The molecule has 2 N–H and O–H groups in total. The molecule has 7 heteroatoms. The summed E-state index contributed by atoms with van der Waals surface area (Å²) < 4.78 is 5.43. The second kappa shape index (κ2) is 8.10. The number of fused-ring (bicyclic) bond motifs is 4. The molecule has 5 rings (SSSR count). The molecule has 0 radical (unpaired) electrons. The van der Waals surface area contributed by atoms with Gasteiger partial charge in [-0.15, -0.1) is 0 Å². The quantitative estimate of drug-likeness (QED) is 0.615. The van der Waals surface area contributed by atoms with Crippen LogP contribution in [-0.4, -0.2) is 59.1 Å². The highest BCUT2D eigenvalue weighted by molar-refractivity contribution is 6.30. The van der Waals surface area contributed by atoms with Gasteiger partial charge >= 0.3 is 0 Å². The Balaban J connectivity index is 1.60. The topological polar surface area (TPSA) is 68.8 Å². The summed E-state index contributed by atoms with van der Waals surface area (Å²) in [6.45, 7) is 4.74. The van der Waals surface area contributed by atoms with Crippen molar-refractivity contribution in [3.05, 3.63) is 64.3 Å². The predicted octanol–water partition coefficient (Wildman–Crippen LogP) is 3.87. The number of halogens is 1. The van der Waals surface area contributed by atoms with Gasteiger partial charge in [0.05, 0.1) is 19.8 Å². The van der Waals surface area contributed by atoms with Gasteiger partial charge in [-0.2, -0.15) is 0 Å². The van der Waals surface area contributed by atoms with E-state index in [-0.39, 0.29) is 24.0 Å². The maximum absolute atomic E-state index is 12.4. The molecule has 0 saturated carbocycles. The van der Waals surface area contributed by atoms with E-state index in [4.69, 9.17) is 16.3 Å². The number of aliphatic hydroxyl groups is 1. The fraction of sp³-hybridized carbons (Fsp3) is 0.400. The molecule has 0 bridgehead atoms. The number of nitrogens with one attached hydrogen (secondary N) is 1. The molecule has 32 heavy (non-hydrogen) atoms. The Kier molecular flexibility index (Phi) is 5.40. The molecule has 1 unspecified atom stereocenters. The molecule has 6 nitrogen and oxygen atoms in total. The van der Waals surface area contributed by atoms with E-state index in [1.54, 1.807) is 7.11 Å². The van der Waals surface area contributed by atoms with E-state index in [9.17, 15) is 9.90 Å². The number of methoxy groups -OCH3 is 1. The predicted molar refractivity (Wildman–Crippen MR) is 125 cm³/mol. The van der Waals surface area contributed by atoms with Crippen LogP contribution in [0, 0.1) is 0 Å². The van der Waals surface area contributed by atoms with Gasteiger partial charge in [0, 0.05) is 65.7 Å². The Morgan fingerprint density at radius 3 is 2.75 bits per heavy atom. The summed E-state index contributed by atoms with van der Waals surface area (Å²) in [5.41, 5.74) is 4.20. The molecular formula is C25H28ClN3O3. The van der Waals surface area contributed by atoms with Crippen molar-refractivity contribution in [1.29, 1.82) is 0 Å².